The lowest BCUT2D eigenvalue weighted by atomic mass is 10.0. The molecule has 1 fully saturated rings. The Bertz CT molecular complexity index is 512. The quantitative estimate of drug-likeness (QED) is 0.785. The molecule has 1 aliphatic rings. The van der Waals surface area contributed by atoms with E-state index in [1.165, 1.54) is 30.6 Å². The number of likely N-dealkylation sites (tertiary alicyclic amines) is 1. The first-order valence-corrected chi connectivity index (χ1v) is 8.38. The fraction of sp³-hybridized carbons (Fsp3) is 0.625. The summed E-state index contributed by atoms with van der Waals surface area (Å²) in [7, 11) is 4.02. The summed E-state index contributed by atoms with van der Waals surface area (Å²) < 4.78 is 0. The zero-order valence-electron chi connectivity index (χ0n) is 13.1. The molecule has 0 radical (unpaired) electrons. The third kappa shape index (κ3) is 4.38. The average Bonchev–Trinajstić information content (AvgIpc) is 2.90. The second-order valence-corrected chi connectivity index (χ2v) is 6.87. The van der Waals surface area contributed by atoms with Crippen molar-refractivity contribution in [2.24, 2.45) is 0 Å². The predicted octanol–water partition coefficient (Wildman–Crippen LogP) is 2.44. The number of thiophene rings is 1. The van der Waals surface area contributed by atoms with Crippen LogP contribution in [0.3, 0.4) is 0 Å². The molecule has 0 saturated carbocycles. The van der Waals surface area contributed by atoms with Gasteiger partial charge >= 0.3 is 0 Å². The predicted molar refractivity (Wildman–Crippen MR) is 85.9 cm³/mol. The van der Waals surface area contributed by atoms with Gasteiger partial charge in [0.05, 0.1) is 11.3 Å². The monoisotopic (exact) mass is 308 g/mol. The number of Topliss-reactive ketones (excluding diaryl/α,β-unsaturated/α-hetero) is 1. The zero-order valence-corrected chi connectivity index (χ0v) is 13.9. The van der Waals surface area contributed by atoms with Crippen molar-refractivity contribution < 1.29 is 9.59 Å². The summed E-state index contributed by atoms with van der Waals surface area (Å²) in [6, 6.07) is 2.31. The first-order chi connectivity index (χ1) is 9.97. The molecule has 1 atom stereocenters. The normalized spacial score (nSPS) is 19.5. The minimum absolute atomic E-state index is 0.0656. The summed E-state index contributed by atoms with van der Waals surface area (Å²) in [4.78, 5) is 28.5. The van der Waals surface area contributed by atoms with E-state index in [9.17, 15) is 9.59 Å². The van der Waals surface area contributed by atoms with Crippen LogP contribution in [0.1, 0.15) is 41.4 Å². The van der Waals surface area contributed by atoms with Gasteiger partial charge in [0.2, 0.25) is 5.91 Å². The van der Waals surface area contributed by atoms with Crippen molar-refractivity contribution in [2.45, 2.75) is 38.6 Å². The van der Waals surface area contributed by atoms with Crippen LogP contribution in [0.25, 0.3) is 0 Å². The van der Waals surface area contributed by atoms with Gasteiger partial charge in [0.15, 0.2) is 5.78 Å². The molecule has 2 heterocycles. The maximum absolute atomic E-state index is 12.3. The van der Waals surface area contributed by atoms with Gasteiger partial charge in [-0.15, -0.1) is 11.3 Å². The number of ketones is 1. The molecule has 1 unspecified atom stereocenters. The fourth-order valence-corrected chi connectivity index (χ4v) is 3.57. The van der Waals surface area contributed by atoms with Gasteiger partial charge in [-0.2, -0.15) is 0 Å². The van der Waals surface area contributed by atoms with Crippen LogP contribution in [0.15, 0.2) is 11.4 Å². The summed E-state index contributed by atoms with van der Waals surface area (Å²) in [6.45, 7) is 3.47. The molecule has 21 heavy (non-hydrogen) atoms. The topological polar surface area (TPSA) is 40.6 Å². The number of amides is 1. The molecule has 0 bridgehead atoms. The smallest absolute Gasteiger partial charge is 0.226 e. The molecular weight excluding hydrogens is 284 g/mol. The Morgan fingerprint density at radius 1 is 1.43 bits per heavy atom. The lowest BCUT2D eigenvalue weighted by Crippen LogP contribution is -2.45. The number of carbonyl (C=O) groups is 2. The van der Waals surface area contributed by atoms with Crippen LogP contribution >= 0.6 is 11.3 Å². The van der Waals surface area contributed by atoms with E-state index >= 15 is 0 Å². The van der Waals surface area contributed by atoms with Gasteiger partial charge in [-0.05, 0) is 50.4 Å². The first kappa shape index (κ1) is 16.2. The lowest BCUT2D eigenvalue weighted by molar-refractivity contribution is -0.130. The van der Waals surface area contributed by atoms with E-state index in [1.807, 2.05) is 23.4 Å². The minimum atomic E-state index is 0.0656. The number of carbonyl (C=O) groups excluding carboxylic acids is 2. The van der Waals surface area contributed by atoms with Crippen molar-refractivity contribution in [1.82, 2.24) is 9.80 Å². The Morgan fingerprint density at radius 3 is 2.81 bits per heavy atom. The highest BCUT2D eigenvalue weighted by Gasteiger charge is 2.22. The summed E-state index contributed by atoms with van der Waals surface area (Å²) in [6.07, 6.45) is 4.06. The van der Waals surface area contributed by atoms with Crippen LogP contribution < -0.4 is 0 Å². The Hall–Kier alpha value is -1.20. The van der Waals surface area contributed by atoms with Gasteiger partial charge in [0.25, 0.3) is 0 Å². The van der Waals surface area contributed by atoms with Gasteiger partial charge < -0.3 is 9.80 Å². The third-order valence-corrected chi connectivity index (χ3v) is 5.27. The Morgan fingerprint density at radius 2 is 2.19 bits per heavy atom. The summed E-state index contributed by atoms with van der Waals surface area (Å²) in [5.74, 6) is 0.192. The van der Waals surface area contributed by atoms with Gasteiger partial charge in [0, 0.05) is 19.6 Å². The second kappa shape index (κ2) is 7.18. The van der Waals surface area contributed by atoms with Gasteiger partial charge in [-0.1, -0.05) is 6.42 Å². The van der Waals surface area contributed by atoms with Crippen molar-refractivity contribution in [3.05, 3.63) is 21.9 Å². The van der Waals surface area contributed by atoms with Crippen LogP contribution in [-0.4, -0.2) is 54.7 Å². The number of hydrogen-bond acceptors (Lipinski definition) is 4. The van der Waals surface area contributed by atoms with Crippen LogP contribution in [0.2, 0.25) is 0 Å². The number of nitrogens with zero attached hydrogens (tertiary/aromatic N) is 2. The molecule has 5 heteroatoms. The molecular formula is C16H24N2O2S. The highest BCUT2D eigenvalue weighted by Crippen LogP contribution is 2.18. The van der Waals surface area contributed by atoms with Crippen LogP contribution in [0.5, 0.6) is 0 Å². The van der Waals surface area contributed by atoms with E-state index in [0.29, 0.717) is 12.5 Å². The van der Waals surface area contributed by atoms with Gasteiger partial charge in [0.1, 0.15) is 0 Å². The maximum Gasteiger partial charge on any atom is 0.226 e. The molecule has 4 nitrogen and oxygen atoms in total. The van der Waals surface area contributed by atoms with Crippen LogP contribution in [0, 0.1) is 0 Å². The molecule has 1 aliphatic heterocycles. The molecule has 0 aromatic carbocycles. The highest BCUT2D eigenvalue weighted by molar-refractivity contribution is 7.12. The van der Waals surface area contributed by atoms with Crippen molar-refractivity contribution >= 4 is 23.0 Å². The zero-order chi connectivity index (χ0) is 15.4. The Balaban J connectivity index is 1.88. The molecule has 0 N–H and O–H groups in total. The number of likely N-dealkylation sites (N-methyl/N-ethyl adjacent to an activating group) is 2. The van der Waals surface area contributed by atoms with Crippen molar-refractivity contribution in [3.8, 4) is 0 Å². The molecule has 0 aliphatic carbocycles. The van der Waals surface area contributed by atoms with Crippen LogP contribution in [-0.2, 0) is 11.2 Å². The van der Waals surface area contributed by atoms with E-state index in [2.05, 4.69) is 11.9 Å². The molecule has 0 spiro atoms. The van der Waals surface area contributed by atoms with E-state index in [1.54, 1.807) is 6.92 Å². The van der Waals surface area contributed by atoms with E-state index < -0.39 is 0 Å². The number of rotatable bonds is 5. The molecule has 1 amide bonds. The molecule has 116 valence electrons. The number of hydrogen-bond donors (Lipinski definition) is 0. The SMILES string of the molecule is CC(=O)c1cc(CC(=O)N(C)CC2CCCCN2C)cs1. The Kier molecular flexibility index (Phi) is 5.53. The lowest BCUT2D eigenvalue weighted by Gasteiger charge is -2.35. The maximum atomic E-state index is 12.3. The minimum Gasteiger partial charge on any atom is -0.344 e. The largest absolute Gasteiger partial charge is 0.344 e. The van der Waals surface area contributed by atoms with Gasteiger partial charge in [-0.25, -0.2) is 0 Å². The first-order valence-electron chi connectivity index (χ1n) is 7.50. The van der Waals surface area contributed by atoms with Gasteiger partial charge in [-0.3, -0.25) is 9.59 Å². The average molecular weight is 308 g/mol. The Labute approximate surface area is 130 Å². The third-order valence-electron chi connectivity index (χ3n) is 4.19. The van der Waals surface area contributed by atoms with Crippen molar-refractivity contribution in [1.29, 1.82) is 0 Å². The fourth-order valence-electron chi connectivity index (χ4n) is 2.76. The molecule has 2 rings (SSSR count). The summed E-state index contributed by atoms with van der Waals surface area (Å²) in [5, 5.41) is 1.91. The van der Waals surface area contributed by atoms with Crippen LogP contribution in [0.4, 0.5) is 0 Å². The molecule has 1 saturated heterocycles. The molecule has 1 aromatic rings. The summed E-state index contributed by atoms with van der Waals surface area (Å²) >= 11 is 1.42. The van der Waals surface area contributed by atoms with E-state index in [4.69, 9.17) is 0 Å². The highest BCUT2D eigenvalue weighted by atomic mass is 32.1. The second-order valence-electron chi connectivity index (χ2n) is 5.96. The standard InChI is InChI=1S/C16H24N2O2S/c1-12(19)15-8-13(11-21-15)9-16(20)18(3)10-14-6-4-5-7-17(14)2/h8,11,14H,4-7,9-10H2,1-3H3. The van der Waals surface area contributed by atoms with E-state index in [-0.39, 0.29) is 11.7 Å². The summed E-state index contributed by atoms with van der Waals surface area (Å²) in [5.41, 5.74) is 0.944. The van der Waals surface area contributed by atoms with Crippen molar-refractivity contribution in [3.63, 3.8) is 0 Å². The molecule has 1 aromatic heterocycles. The van der Waals surface area contributed by atoms with E-state index in [0.717, 1.165) is 23.5 Å². The van der Waals surface area contributed by atoms with Crippen molar-refractivity contribution in [2.75, 3.05) is 27.2 Å². The number of piperidine rings is 1.